The zero-order chi connectivity index (χ0) is 26.4. The number of carboxylic acids is 2. The van der Waals surface area contributed by atoms with E-state index in [-0.39, 0.29) is 19.3 Å². The van der Waals surface area contributed by atoms with Crippen molar-refractivity contribution < 1.29 is 43.8 Å². The smallest absolute Gasteiger partial charge is 0.326 e. The first-order valence-corrected chi connectivity index (χ1v) is 11.3. The second kappa shape index (κ2) is 15.4. The molecule has 0 aromatic carbocycles. The molecule has 0 aromatic rings. The maximum atomic E-state index is 12.8. The molecule has 0 aliphatic carbocycles. The van der Waals surface area contributed by atoms with Gasteiger partial charge in [0.1, 0.15) is 18.1 Å². The number of hydrogen-bond donors (Lipinski definition) is 8. The average Bonchev–Trinajstić information content (AvgIpc) is 2.72. The standard InChI is InChI=1S/C18H30N6O9S/c1-34-5-4-9(22-15(29)8(19)2-3-14(27)28)16(30)23-10(6-12(20)25)17(31)24-11(18(32)33)7-13(21)26/h8-11H,2-7,19H2,1H3,(H2,20,25)(H2,21,26)(H,22,29)(H,23,30)(H,24,31)(H,27,28)(H,32,33). The van der Waals surface area contributed by atoms with Crippen LogP contribution in [0.2, 0.25) is 0 Å². The summed E-state index contributed by atoms with van der Waals surface area (Å²) in [5, 5.41) is 24.4. The molecule has 0 bridgehead atoms. The van der Waals surface area contributed by atoms with Gasteiger partial charge in [-0.1, -0.05) is 0 Å². The molecule has 0 rings (SSSR count). The second-order valence-corrected chi connectivity index (χ2v) is 8.17. The lowest BCUT2D eigenvalue weighted by molar-refractivity contribution is -0.144. The SMILES string of the molecule is CSCCC(NC(=O)C(N)CCC(=O)O)C(=O)NC(CC(N)=O)C(=O)NC(CC(N)=O)C(=O)O. The molecule has 0 fully saturated rings. The van der Waals surface area contributed by atoms with Gasteiger partial charge < -0.3 is 43.4 Å². The average molecular weight is 507 g/mol. The van der Waals surface area contributed by atoms with Gasteiger partial charge in [0, 0.05) is 6.42 Å². The molecular weight excluding hydrogens is 476 g/mol. The van der Waals surface area contributed by atoms with Crippen LogP contribution in [-0.4, -0.2) is 87.9 Å². The summed E-state index contributed by atoms with van der Waals surface area (Å²) in [6, 6.07) is -5.75. The number of carbonyl (C=O) groups is 7. The maximum absolute atomic E-state index is 12.8. The number of nitrogens with one attached hydrogen (secondary N) is 3. The molecule has 16 heteroatoms. The van der Waals surface area contributed by atoms with Gasteiger partial charge in [0.05, 0.1) is 18.9 Å². The van der Waals surface area contributed by atoms with Crippen LogP contribution in [0.1, 0.15) is 32.1 Å². The van der Waals surface area contributed by atoms with Gasteiger partial charge in [-0.3, -0.25) is 28.8 Å². The summed E-state index contributed by atoms with van der Waals surface area (Å²) in [5.41, 5.74) is 15.7. The lowest BCUT2D eigenvalue weighted by Crippen LogP contribution is -2.58. The van der Waals surface area contributed by atoms with E-state index in [1.165, 1.54) is 11.8 Å². The number of thioether (sulfide) groups is 1. The summed E-state index contributed by atoms with van der Waals surface area (Å²) >= 11 is 1.35. The van der Waals surface area contributed by atoms with Gasteiger partial charge in [-0.2, -0.15) is 11.8 Å². The molecule has 0 spiro atoms. The van der Waals surface area contributed by atoms with E-state index in [1.807, 2.05) is 5.32 Å². The van der Waals surface area contributed by atoms with Crippen LogP contribution < -0.4 is 33.2 Å². The van der Waals surface area contributed by atoms with Crippen LogP contribution in [0.3, 0.4) is 0 Å². The van der Waals surface area contributed by atoms with Gasteiger partial charge in [0.2, 0.25) is 29.5 Å². The second-order valence-electron chi connectivity index (χ2n) is 7.18. The zero-order valence-corrected chi connectivity index (χ0v) is 19.3. The minimum Gasteiger partial charge on any atom is -0.481 e. The molecular formula is C18H30N6O9S. The number of amides is 5. The van der Waals surface area contributed by atoms with E-state index in [1.54, 1.807) is 6.26 Å². The first-order chi connectivity index (χ1) is 15.8. The monoisotopic (exact) mass is 506 g/mol. The summed E-state index contributed by atoms with van der Waals surface area (Å²) in [7, 11) is 0. The van der Waals surface area contributed by atoms with Crippen molar-refractivity contribution in [2.24, 2.45) is 17.2 Å². The van der Waals surface area contributed by atoms with Crippen molar-refractivity contribution in [3.05, 3.63) is 0 Å². The molecule has 0 saturated heterocycles. The van der Waals surface area contributed by atoms with E-state index in [0.29, 0.717) is 5.75 Å². The molecule has 5 amide bonds. The molecule has 34 heavy (non-hydrogen) atoms. The Balaban J connectivity index is 5.47. The number of nitrogens with two attached hydrogens (primary N) is 3. The third kappa shape index (κ3) is 12.6. The Bertz CT molecular complexity index is 794. The normalized spacial score (nSPS) is 14.1. The van der Waals surface area contributed by atoms with Crippen molar-refractivity contribution in [2.45, 2.75) is 56.3 Å². The van der Waals surface area contributed by atoms with E-state index >= 15 is 0 Å². The Labute approximate surface area is 198 Å². The topological polar surface area (TPSA) is 274 Å². The van der Waals surface area contributed by atoms with E-state index in [0.717, 1.165) is 0 Å². The van der Waals surface area contributed by atoms with Crippen LogP contribution in [0.25, 0.3) is 0 Å². The predicted molar refractivity (Wildman–Crippen MR) is 119 cm³/mol. The highest BCUT2D eigenvalue weighted by Gasteiger charge is 2.31. The summed E-state index contributed by atoms with van der Waals surface area (Å²) in [4.78, 5) is 81.9. The summed E-state index contributed by atoms with van der Waals surface area (Å²) in [6.07, 6.45) is -0.159. The van der Waals surface area contributed by atoms with Crippen LogP contribution in [0.4, 0.5) is 0 Å². The number of carbonyl (C=O) groups excluding carboxylic acids is 5. The van der Waals surface area contributed by atoms with Crippen molar-refractivity contribution in [2.75, 3.05) is 12.0 Å². The molecule has 0 aromatic heterocycles. The fraction of sp³-hybridized carbons (Fsp3) is 0.611. The fourth-order valence-electron chi connectivity index (χ4n) is 2.55. The molecule has 0 aliphatic heterocycles. The first-order valence-electron chi connectivity index (χ1n) is 9.95. The Morgan fingerprint density at radius 2 is 1.24 bits per heavy atom. The quantitative estimate of drug-likeness (QED) is 0.0947. The highest BCUT2D eigenvalue weighted by Crippen LogP contribution is 2.05. The summed E-state index contributed by atoms with van der Waals surface area (Å²) in [6.45, 7) is 0. The van der Waals surface area contributed by atoms with Gasteiger partial charge in [-0.15, -0.1) is 0 Å². The maximum Gasteiger partial charge on any atom is 0.326 e. The molecule has 11 N–H and O–H groups in total. The lowest BCUT2D eigenvalue weighted by Gasteiger charge is -2.24. The van der Waals surface area contributed by atoms with Gasteiger partial charge in [0.15, 0.2) is 0 Å². The van der Waals surface area contributed by atoms with Gasteiger partial charge >= 0.3 is 11.9 Å². The van der Waals surface area contributed by atoms with Crippen molar-refractivity contribution >= 4 is 53.2 Å². The fourth-order valence-corrected chi connectivity index (χ4v) is 3.02. The van der Waals surface area contributed by atoms with Crippen LogP contribution in [0.5, 0.6) is 0 Å². The molecule has 4 atom stereocenters. The zero-order valence-electron chi connectivity index (χ0n) is 18.4. The Morgan fingerprint density at radius 3 is 1.71 bits per heavy atom. The lowest BCUT2D eigenvalue weighted by atomic mass is 10.1. The van der Waals surface area contributed by atoms with Crippen LogP contribution >= 0.6 is 11.8 Å². The molecule has 0 saturated carbocycles. The minimum atomic E-state index is -1.71. The molecule has 0 heterocycles. The van der Waals surface area contributed by atoms with Crippen LogP contribution in [0, 0.1) is 0 Å². The van der Waals surface area contributed by atoms with Gasteiger partial charge in [-0.25, -0.2) is 4.79 Å². The van der Waals surface area contributed by atoms with Crippen LogP contribution in [0.15, 0.2) is 0 Å². The van der Waals surface area contributed by atoms with Crippen molar-refractivity contribution in [3.63, 3.8) is 0 Å². The van der Waals surface area contributed by atoms with E-state index < -0.39 is 78.5 Å². The Morgan fingerprint density at radius 1 is 0.765 bits per heavy atom. The number of primary amides is 2. The largest absolute Gasteiger partial charge is 0.481 e. The Hall–Kier alpha value is -3.40. The summed E-state index contributed by atoms with van der Waals surface area (Å²) < 4.78 is 0. The third-order valence-corrected chi connectivity index (χ3v) is 4.95. The molecule has 192 valence electrons. The highest BCUT2D eigenvalue weighted by molar-refractivity contribution is 7.98. The number of carboxylic acid groups (broad SMARTS) is 2. The first kappa shape index (κ1) is 30.6. The van der Waals surface area contributed by atoms with Crippen LogP contribution in [-0.2, 0) is 33.6 Å². The van der Waals surface area contributed by atoms with E-state index in [4.69, 9.17) is 27.4 Å². The van der Waals surface area contributed by atoms with Crippen molar-refractivity contribution in [1.29, 1.82) is 0 Å². The molecule has 15 nitrogen and oxygen atoms in total. The van der Waals surface area contributed by atoms with Crippen molar-refractivity contribution in [1.82, 2.24) is 16.0 Å². The molecule has 0 aliphatic rings. The molecule has 0 radical (unpaired) electrons. The Kier molecular flexibility index (Phi) is 13.9. The third-order valence-electron chi connectivity index (χ3n) is 4.31. The van der Waals surface area contributed by atoms with E-state index in [9.17, 15) is 33.6 Å². The highest BCUT2D eigenvalue weighted by atomic mass is 32.2. The predicted octanol–water partition coefficient (Wildman–Crippen LogP) is -3.78. The van der Waals surface area contributed by atoms with Gasteiger partial charge in [-0.05, 0) is 24.9 Å². The summed E-state index contributed by atoms with van der Waals surface area (Å²) in [5.74, 6) is -7.15. The number of aliphatic carboxylic acids is 2. The number of hydrogen-bond acceptors (Lipinski definition) is 9. The van der Waals surface area contributed by atoms with Crippen molar-refractivity contribution in [3.8, 4) is 0 Å². The number of rotatable bonds is 17. The molecule has 4 unspecified atom stereocenters. The van der Waals surface area contributed by atoms with Gasteiger partial charge in [0.25, 0.3) is 0 Å². The minimum absolute atomic E-state index is 0.0920. The van der Waals surface area contributed by atoms with E-state index in [2.05, 4.69) is 10.6 Å².